The first kappa shape index (κ1) is 23.0. The van der Waals surface area contributed by atoms with Crippen molar-refractivity contribution in [3.05, 3.63) is 70.9 Å². The number of piperazine rings is 1. The lowest BCUT2D eigenvalue weighted by atomic mass is 10.1. The number of nitrogens with zero attached hydrogens (tertiary/aromatic N) is 3. The van der Waals surface area contributed by atoms with Crippen LogP contribution in [0.4, 0.5) is 21.6 Å². The van der Waals surface area contributed by atoms with E-state index < -0.39 is 5.82 Å². The maximum absolute atomic E-state index is 13.8. The Morgan fingerprint density at radius 3 is 2.54 bits per heavy atom. The lowest BCUT2D eigenvalue weighted by Gasteiger charge is -2.34. The summed E-state index contributed by atoms with van der Waals surface area (Å²) in [5.74, 6) is -0.745. The molecule has 1 fully saturated rings. The van der Waals surface area contributed by atoms with Crippen LogP contribution in [0.5, 0.6) is 0 Å². The Balaban J connectivity index is 1.23. The molecule has 4 aromatic rings. The highest BCUT2D eigenvalue weighted by Gasteiger charge is 2.18. The molecule has 5 rings (SSSR count). The molecule has 3 N–H and O–H groups in total. The van der Waals surface area contributed by atoms with E-state index in [4.69, 9.17) is 0 Å². The van der Waals surface area contributed by atoms with Gasteiger partial charge in [-0.3, -0.25) is 14.7 Å². The van der Waals surface area contributed by atoms with E-state index in [0.29, 0.717) is 32.2 Å². The number of aromatic nitrogens is 2. The average molecular weight is 493 g/mol. The van der Waals surface area contributed by atoms with Crippen LogP contribution in [-0.4, -0.2) is 60.1 Å². The van der Waals surface area contributed by atoms with E-state index in [9.17, 15) is 14.0 Å². The number of carbonyl (C=O) groups is 2. The number of H-pyrrole nitrogens is 1. The molecule has 0 spiro atoms. The van der Waals surface area contributed by atoms with Gasteiger partial charge in [0.2, 0.25) is 5.91 Å². The van der Waals surface area contributed by atoms with Gasteiger partial charge in [0.05, 0.1) is 16.7 Å². The van der Waals surface area contributed by atoms with E-state index in [2.05, 4.69) is 37.7 Å². The highest BCUT2D eigenvalue weighted by atomic mass is 32.1. The second-order valence-corrected chi connectivity index (χ2v) is 9.59. The Kier molecular flexibility index (Phi) is 6.47. The molecular weight excluding hydrogens is 467 g/mol. The van der Waals surface area contributed by atoms with Crippen LogP contribution in [0.25, 0.3) is 10.2 Å². The Hall–Kier alpha value is -3.76. The zero-order chi connectivity index (χ0) is 24.4. The van der Waals surface area contributed by atoms with Crippen LogP contribution in [0.2, 0.25) is 0 Å². The van der Waals surface area contributed by atoms with Crippen LogP contribution < -0.4 is 15.5 Å². The third-order valence-corrected chi connectivity index (χ3v) is 7.08. The zero-order valence-corrected chi connectivity index (χ0v) is 20.0. The number of rotatable bonds is 6. The van der Waals surface area contributed by atoms with Crippen LogP contribution in [0.1, 0.15) is 15.2 Å². The first-order valence-corrected chi connectivity index (χ1v) is 12.1. The van der Waals surface area contributed by atoms with Crippen molar-refractivity contribution >= 4 is 50.6 Å². The third kappa shape index (κ3) is 5.18. The monoisotopic (exact) mass is 492 g/mol. The SMILES string of the molecule is CN1CCN(c2ccc(NC(=O)c3cc4c(NC(=O)Cc5ccccc5F)n[nH]c4s3)cc2)CC1. The van der Waals surface area contributed by atoms with Gasteiger partial charge >= 0.3 is 0 Å². The molecule has 0 unspecified atom stereocenters. The maximum atomic E-state index is 13.8. The number of fused-ring (bicyclic) bond motifs is 1. The van der Waals surface area contributed by atoms with Crippen molar-refractivity contribution < 1.29 is 14.0 Å². The zero-order valence-electron chi connectivity index (χ0n) is 19.2. The molecule has 0 saturated carbocycles. The predicted molar refractivity (Wildman–Crippen MR) is 137 cm³/mol. The number of hydrogen-bond donors (Lipinski definition) is 3. The number of hydrogen-bond acceptors (Lipinski definition) is 6. The molecule has 0 radical (unpaired) electrons. The predicted octanol–water partition coefficient (Wildman–Crippen LogP) is 3.95. The minimum atomic E-state index is -0.430. The summed E-state index contributed by atoms with van der Waals surface area (Å²) in [6.45, 7) is 4.03. The normalized spacial score (nSPS) is 14.3. The van der Waals surface area contributed by atoms with Crippen molar-refractivity contribution in [2.24, 2.45) is 0 Å². The number of nitrogens with one attached hydrogen (secondary N) is 3. The lowest BCUT2D eigenvalue weighted by molar-refractivity contribution is -0.115. The summed E-state index contributed by atoms with van der Waals surface area (Å²) in [6, 6.07) is 15.7. The van der Waals surface area contributed by atoms with E-state index in [1.54, 1.807) is 24.3 Å². The Labute approximate surface area is 205 Å². The molecule has 0 aliphatic carbocycles. The molecule has 1 aliphatic heterocycles. The standard InChI is InChI=1S/C25H25FN6O2S/c1-31-10-12-32(13-11-31)18-8-6-17(7-9-18)27-24(34)21-15-19-23(29-30-25(19)35-21)28-22(33)14-16-4-2-3-5-20(16)26/h2-9,15H,10-14H2,1H3,(H,27,34)(H2,28,29,30,33). The molecule has 35 heavy (non-hydrogen) atoms. The molecule has 3 heterocycles. The summed E-state index contributed by atoms with van der Waals surface area (Å²) < 4.78 is 13.8. The molecule has 8 nitrogen and oxygen atoms in total. The van der Waals surface area contributed by atoms with Crippen LogP contribution in [-0.2, 0) is 11.2 Å². The quantitative estimate of drug-likeness (QED) is 0.379. The molecule has 10 heteroatoms. The molecule has 2 aromatic heterocycles. The minimum Gasteiger partial charge on any atom is -0.369 e. The summed E-state index contributed by atoms with van der Waals surface area (Å²) in [5, 5.41) is 13.2. The van der Waals surface area contributed by atoms with Gasteiger partial charge in [-0.2, -0.15) is 5.10 Å². The van der Waals surface area contributed by atoms with Crippen molar-refractivity contribution in [3.8, 4) is 0 Å². The van der Waals surface area contributed by atoms with Gasteiger partial charge in [-0.15, -0.1) is 11.3 Å². The third-order valence-electron chi connectivity index (χ3n) is 6.04. The van der Waals surface area contributed by atoms with Gasteiger partial charge < -0.3 is 20.4 Å². The Morgan fingerprint density at radius 1 is 1.06 bits per heavy atom. The molecule has 0 bridgehead atoms. The fourth-order valence-corrected chi connectivity index (χ4v) is 4.93. The molecule has 0 atom stereocenters. The van der Waals surface area contributed by atoms with Gasteiger partial charge in [0.1, 0.15) is 10.6 Å². The summed E-state index contributed by atoms with van der Waals surface area (Å²) in [6.07, 6.45) is -0.109. The highest BCUT2D eigenvalue weighted by Crippen LogP contribution is 2.30. The number of benzene rings is 2. The van der Waals surface area contributed by atoms with Crippen molar-refractivity contribution in [1.29, 1.82) is 0 Å². The Morgan fingerprint density at radius 2 is 1.80 bits per heavy atom. The second kappa shape index (κ2) is 9.85. The van der Waals surface area contributed by atoms with Crippen LogP contribution >= 0.6 is 11.3 Å². The summed E-state index contributed by atoms with van der Waals surface area (Å²) in [7, 11) is 2.13. The van der Waals surface area contributed by atoms with Gasteiger partial charge in [0.25, 0.3) is 5.91 Å². The van der Waals surface area contributed by atoms with E-state index in [-0.39, 0.29) is 18.2 Å². The second-order valence-electron chi connectivity index (χ2n) is 8.53. The van der Waals surface area contributed by atoms with Gasteiger partial charge in [0.15, 0.2) is 5.82 Å². The average Bonchev–Trinajstić information content (AvgIpc) is 3.44. The van der Waals surface area contributed by atoms with Crippen molar-refractivity contribution in [2.75, 3.05) is 48.8 Å². The smallest absolute Gasteiger partial charge is 0.265 e. The van der Waals surface area contributed by atoms with E-state index in [0.717, 1.165) is 31.9 Å². The molecule has 1 saturated heterocycles. The number of thiophene rings is 1. The first-order chi connectivity index (χ1) is 17.0. The fraction of sp³-hybridized carbons (Fsp3) is 0.240. The Bertz CT molecular complexity index is 1360. The fourth-order valence-electron chi connectivity index (χ4n) is 4.03. The van der Waals surface area contributed by atoms with Crippen LogP contribution in [0.15, 0.2) is 54.6 Å². The molecular formula is C25H25FN6O2S. The van der Waals surface area contributed by atoms with E-state index in [1.807, 2.05) is 24.3 Å². The summed E-state index contributed by atoms with van der Waals surface area (Å²) >= 11 is 1.25. The van der Waals surface area contributed by atoms with Crippen LogP contribution in [0, 0.1) is 5.82 Å². The number of anilines is 3. The summed E-state index contributed by atoms with van der Waals surface area (Å²) in [5.41, 5.74) is 2.16. The van der Waals surface area contributed by atoms with Gasteiger partial charge in [0, 0.05) is 37.6 Å². The summed E-state index contributed by atoms with van der Waals surface area (Å²) in [4.78, 5) is 31.0. The van der Waals surface area contributed by atoms with Gasteiger partial charge in [-0.1, -0.05) is 18.2 Å². The highest BCUT2D eigenvalue weighted by molar-refractivity contribution is 7.20. The number of likely N-dealkylation sites (N-methyl/N-ethyl adjacent to an activating group) is 1. The lowest BCUT2D eigenvalue weighted by Crippen LogP contribution is -2.44. The maximum Gasteiger partial charge on any atom is 0.265 e. The van der Waals surface area contributed by atoms with Crippen LogP contribution in [0.3, 0.4) is 0 Å². The number of carbonyl (C=O) groups excluding carboxylic acids is 2. The van der Waals surface area contributed by atoms with Crippen molar-refractivity contribution in [2.45, 2.75) is 6.42 Å². The van der Waals surface area contributed by atoms with Crippen molar-refractivity contribution in [3.63, 3.8) is 0 Å². The van der Waals surface area contributed by atoms with E-state index in [1.165, 1.54) is 17.4 Å². The van der Waals surface area contributed by atoms with Gasteiger partial charge in [-0.05, 0) is 49.0 Å². The van der Waals surface area contributed by atoms with E-state index >= 15 is 0 Å². The number of aromatic amines is 1. The topological polar surface area (TPSA) is 93.4 Å². The molecule has 2 amide bonds. The molecule has 2 aromatic carbocycles. The first-order valence-electron chi connectivity index (χ1n) is 11.3. The number of amides is 2. The molecule has 180 valence electrons. The number of halogens is 1. The molecule has 1 aliphatic rings. The van der Waals surface area contributed by atoms with Gasteiger partial charge in [-0.25, -0.2) is 4.39 Å². The van der Waals surface area contributed by atoms with Crippen molar-refractivity contribution in [1.82, 2.24) is 15.1 Å². The minimum absolute atomic E-state index is 0.109. The largest absolute Gasteiger partial charge is 0.369 e.